The van der Waals surface area contributed by atoms with Gasteiger partial charge in [-0.2, -0.15) is 0 Å². The van der Waals surface area contributed by atoms with Crippen LogP contribution in [-0.2, 0) is 6.42 Å². The number of fused-ring (bicyclic) bond motifs is 1. The van der Waals surface area contributed by atoms with Crippen LogP contribution in [0.25, 0.3) is 5.65 Å². The molecular weight excluding hydrogens is 230 g/mol. The third-order valence-corrected chi connectivity index (χ3v) is 2.52. The molecule has 13 heavy (non-hydrogen) atoms. The zero-order valence-corrected chi connectivity index (χ0v) is 8.74. The number of nitrogens with zero attached hydrogens (tertiary/aromatic N) is 3. The number of imidazole rings is 1. The Hall–Kier alpha value is -0.900. The topological polar surface area (TPSA) is 30.2 Å². The molecule has 0 unspecified atom stereocenters. The first kappa shape index (κ1) is 8.69. The Balaban J connectivity index is 2.35. The third kappa shape index (κ3) is 1.72. The van der Waals surface area contributed by atoms with E-state index >= 15 is 0 Å². The number of rotatable bonds is 3. The summed E-state index contributed by atoms with van der Waals surface area (Å²) in [5.41, 5.74) is 2.17. The van der Waals surface area contributed by atoms with Gasteiger partial charge in [0.1, 0.15) is 0 Å². The van der Waals surface area contributed by atoms with E-state index in [1.807, 2.05) is 12.4 Å². The van der Waals surface area contributed by atoms with Gasteiger partial charge in [-0.1, -0.05) is 15.9 Å². The molecule has 0 spiro atoms. The van der Waals surface area contributed by atoms with Crippen LogP contribution in [0.4, 0.5) is 0 Å². The molecule has 0 N–H and O–H groups in total. The highest BCUT2D eigenvalue weighted by Crippen LogP contribution is 2.07. The normalized spacial score (nSPS) is 10.8. The minimum absolute atomic E-state index is 0.923. The number of hydrogen-bond acceptors (Lipinski definition) is 2. The fourth-order valence-corrected chi connectivity index (χ4v) is 1.61. The predicted molar refractivity (Wildman–Crippen MR) is 55.1 cm³/mol. The molecule has 2 heterocycles. The van der Waals surface area contributed by atoms with Crippen molar-refractivity contribution in [3.8, 4) is 0 Å². The van der Waals surface area contributed by atoms with Crippen LogP contribution in [0, 0.1) is 0 Å². The average molecular weight is 240 g/mol. The van der Waals surface area contributed by atoms with E-state index in [1.54, 1.807) is 12.4 Å². The van der Waals surface area contributed by atoms with Crippen molar-refractivity contribution in [3.05, 3.63) is 30.5 Å². The second-order valence-electron chi connectivity index (χ2n) is 2.85. The van der Waals surface area contributed by atoms with Gasteiger partial charge < -0.3 is 4.40 Å². The van der Waals surface area contributed by atoms with E-state index in [0.29, 0.717) is 0 Å². The molecule has 0 aromatic carbocycles. The number of aryl methyl sites for hydroxylation is 1. The van der Waals surface area contributed by atoms with Crippen LogP contribution in [0.5, 0.6) is 0 Å². The Labute approximate surface area is 85.0 Å². The number of halogens is 1. The van der Waals surface area contributed by atoms with E-state index in [9.17, 15) is 0 Å². The lowest BCUT2D eigenvalue weighted by molar-refractivity contribution is 0.877. The van der Waals surface area contributed by atoms with E-state index in [1.165, 1.54) is 5.69 Å². The first-order chi connectivity index (χ1) is 6.42. The highest BCUT2D eigenvalue weighted by Gasteiger charge is 2.00. The van der Waals surface area contributed by atoms with E-state index < -0.39 is 0 Å². The Morgan fingerprint density at radius 1 is 1.38 bits per heavy atom. The summed E-state index contributed by atoms with van der Waals surface area (Å²) >= 11 is 3.42. The van der Waals surface area contributed by atoms with Gasteiger partial charge in [-0.05, 0) is 12.8 Å². The zero-order chi connectivity index (χ0) is 9.10. The molecule has 0 bridgehead atoms. The van der Waals surface area contributed by atoms with Gasteiger partial charge in [0.15, 0.2) is 5.65 Å². The average Bonchev–Trinajstić information content (AvgIpc) is 2.58. The summed E-state index contributed by atoms with van der Waals surface area (Å²) in [5, 5.41) is 1.03. The van der Waals surface area contributed by atoms with Crippen molar-refractivity contribution < 1.29 is 0 Å². The molecule has 0 saturated heterocycles. The molecule has 2 rings (SSSR count). The van der Waals surface area contributed by atoms with E-state index in [-0.39, 0.29) is 0 Å². The maximum Gasteiger partial charge on any atom is 0.155 e. The van der Waals surface area contributed by atoms with Gasteiger partial charge in [0.05, 0.1) is 6.20 Å². The fourth-order valence-electron chi connectivity index (χ4n) is 1.33. The van der Waals surface area contributed by atoms with Gasteiger partial charge in [0, 0.05) is 29.6 Å². The van der Waals surface area contributed by atoms with Gasteiger partial charge in [-0.25, -0.2) is 4.98 Å². The van der Waals surface area contributed by atoms with E-state index in [2.05, 4.69) is 30.3 Å². The largest absolute Gasteiger partial charge is 0.301 e. The molecule has 0 aliphatic heterocycles. The summed E-state index contributed by atoms with van der Waals surface area (Å²) in [7, 11) is 0. The molecule has 0 saturated carbocycles. The molecule has 0 fully saturated rings. The molecule has 68 valence electrons. The Morgan fingerprint density at radius 3 is 3.15 bits per heavy atom. The fraction of sp³-hybridized carbons (Fsp3) is 0.333. The van der Waals surface area contributed by atoms with Crippen LogP contribution in [0.1, 0.15) is 12.1 Å². The second kappa shape index (κ2) is 3.87. The second-order valence-corrected chi connectivity index (χ2v) is 3.64. The van der Waals surface area contributed by atoms with Crippen molar-refractivity contribution in [2.45, 2.75) is 12.8 Å². The highest BCUT2D eigenvalue weighted by molar-refractivity contribution is 9.09. The quantitative estimate of drug-likeness (QED) is 0.768. The zero-order valence-electron chi connectivity index (χ0n) is 7.15. The van der Waals surface area contributed by atoms with Crippen molar-refractivity contribution in [2.24, 2.45) is 0 Å². The van der Waals surface area contributed by atoms with E-state index in [0.717, 1.165) is 23.8 Å². The van der Waals surface area contributed by atoms with Crippen molar-refractivity contribution in [1.29, 1.82) is 0 Å². The van der Waals surface area contributed by atoms with Crippen LogP contribution >= 0.6 is 15.9 Å². The van der Waals surface area contributed by atoms with Crippen LogP contribution in [0.3, 0.4) is 0 Å². The van der Waals surface area contributed by atoms with Gasteiger partial charge in [0.2, 0.25) is 0 Å². The lowest BCUT2D eigenvalue weighted by atomic mass is 10.3. The summed E-state index contributed by atoms with van der Waals surface area (Å²) in [6.07, 6.45) is 9.61. The molecule has 0 aliphatic carbocycles. The summed E-state index contributed by atoms with van der Waals surface area (Å²) in [5.74, 6) is 0. The highest BCUT2D eigenvalue weighted by atomic mass is 79.9. The van der Waals surface area contributed by atoms with Crippen molar-refractivity contribution in [3.63, 3.8) is 0 Å². The smallest absolute Gasteiger partial charge is 0.155 e. The molecule has 0 aliphatic rings. The predicted octanol–water partition coefficient (Wildman–Crippen LogP) is 2.06. The Kier molecular flexibility index (Phi) is 2.59. The van der Waals surface area contributed by atoms with Gasteiger partial charge in [-0.3, -0.25) is 4.98 Å². The van der Waals surface area contributed by atoms with Crippen LogP contribution in [-0.4, -0.2) is 19.7 Å². The van der Waals surface area contributed by atoms with Crippen LogP contribution in [0.2, 0.25) is 0 Å². The van der Waals surface area contributed by atoms with Crippen molar-refractivity contribution >= 4 is 21.6 Å². The SMILES string of the molecule is BrCCCc1cnc2cnccn12. The van der Waals surface area contributed by atoms with E-state index in [4.69, 9.17) is 0 Å². The van der Waals surface area contributed by atoms with Crippen molar-refractivity contribution in [1.82, 2.24) is 14.4 Å². The Bertz CT molecular complexity index is 396. The van der Waals surface area contributed by atoms with Gasteiger partial charge in [-0.15, -0.1) is 0 Å². The maximum atomic E-state index is 4.26. The van der Waals surface area contributed by atoms with Gasteiger partial charge >= 0.3 is 0 Å². The van der Waals surface area contributed by atoms with Crippen LogP contribution < -0.4 is 0 Å². The minimum atomic E-state index is 0.923. The maximum absolute atomic E-state index is 4.26. The number of alkyl halides is 1. The summed E-state index contributed by atoms with van der Waals surface area (Å²) in [4.78, 5) is 8.27. The summed E-state index contributed by atoms with van der Waals surface area (Å²) < 4.78 is 2.08. The summed E-state index contributed by atoms with van der Waals surface area (Å²) in [6.45, 7) is 0. The lowest BCUT2D eigenvalue weighted by Gasteiger charge is -1.98. The first-order valence-electron chi connectivity index (χ1n) is 4.24. The molecule has 4 heteroatoms. The monoisotopic (exact) mass is 239 g/mol. The first-order valence-corrected chi connectivity index (χ1v) is 5.36. The third-order valence-electron chi connectivity index (χ3n) is 1.96. The molecule has 2 aromatic heterocycles. The van der Waals surface area contributed by atoms with Gasteiger partial charge in [0.25, 0.3) is 0 Å². The Morgan fingerprint density at radius 2 is 2.31 bits per heavy atom. The molecule has 0 radical (unpaired) electrons. The number of aromatic nitrogens is 3. The molecule has 3 nitrogen and oxygen atoms in total. The molecule has 0 amide bonds. The number of hydrogen-bond donors (Lipinski definition) is 0. The van der Waals surface area contributed by atoms with Crippen LogP contribution in [0.15, 0.2) is 24.8 Å². The molecule has 2 aromatic rings. The van der Waals surface area contributed by atoms with Crippen molar-refractivity contribution in [2.75, 3.05) is 5.33 Å². The standard InChI is InChI=1S/C9H10BrN3/c10-3-1-2-8-6-12-9-7-11-4-5-13(8)9/h4-7H,1-3H2. The molecular formula is C9H10BrN3. The lowest BCUT2D eigenvalue weighted by Crippen LogP contribution is -1.93. The minimum Gasteiger partial charge on any atom is -0.301 e. The summed E-state index contributed by atoms with van der Waals surface area (Å²) in [6, 6.07) is 0. The molecule has 0 atom stereocenters.